The van der Waals surface area contributed by atoms with Crippen LogP contribution in [0, 0.1) is 11.8 Å². The zero-order valence-corrected chi connectivity index (χ0v) is 10.1. The molecule has 0 saturated heterocycles. The minimum Gasteiger partial charge on any atom is -0.450 e. The van der Waals surface area contributed by atoms with Gasteiger partial charge in [-0.2, -0.15) is 0 Å². The van der Waals surface area contributed by atoms with Crippen molar-refractivity contribution >= 4 is 6.16 Å². The maximum absolute atomic E-state index is 10.6. The van der Waals surface area contributed by atoms with Crippen LogP contribution in [0.2, 0.25) is 0 Å². The van der Waals surface area contributed by atoms with Crippen LogP contribution in [-0.2, 0) is 4.74 Å². The molecule has 17 heavy (non-hydrogen) atoms. The lowest BCUT2D eigenvalue weighted by Gasteiger charge is -2.21. The van der Waals surface area contributed by atoms with Crippen molar-refractivity contribution in [2.45, 2.75) is 32.3 Å². The second-order valence-corrected chi connectivity index (χ2v) is 3.96. The van der Waals surface area contributed by atoms with Gasteiger partial charge in [0.1, 0.15) is 0 Å². The zero-order valence-electron chi connectivity index (χ0n) is 10.1. The number of hydrogen-bond donors (Lipinski definition) is 1. The lowest BCUT2D eigenvalue weighted by Crippen LogP contribution is -2.29. The molecule has 1 aromatic carbocycles. The second kappa shape index (κ2) is 5.95. The van der Waals surface area contributed by atoms with E-state index < -0.39 is 11.8 Å². The molecule has 0 amide bonds. The van der Waals surface area contributed by atoms with E-state index in [1.165, 1.54) is 0 Å². The van der Waals surface area contributed by atoms with Crippen LogP contribution in [0.5, 0.6) is 0 Å². The van der Waals surface area contributed by atoms with Crippen LogP contribution in [0.15, 0.2) is 30.3 Å². The average molecular weight is 232 g/mol. The van der Waals surface area contributed by atoms with Gasteiger partial charge in [0, 0.05) is 5.56 Å². The maximum atomic E-state index is 10.6. The van der Waals surface area contributed by atoms with E-state index in [9.17, 15) is 4.79 Å². The Kier molecular flexibility index (Phi) is 4.59. The lowest BCUT2D eigenvalue weighted by atomic mass is 10.0. The molecule has 0 heterocycles. The fourth-order valence-corrected chi connectivity index (χ4v) is 1.53. The summed E-state index contributed by atoms with van der Waals surface area (Å²) in [7, 11) is 0. The van der Waals surface area contributed by atoms with E-state index in [0.29, 0.717) is 6.42 Å². The third-order valence-corrected chi connectivity index (χ3v) is 2.28. The highest BCUT2D eigenvalue weighted by atomic mass is 16.7. The topological polar surface area (TPSA) is 46.5 Å². The first-order valence-corrected chi connectivity index (χ1v) is 5.56. The Morgan fingerprint density at radius 3 is 2.59 bits per heavy atom. The first kappa shape index (κ1) is 13.1. The molecule has 1 rings (SSSR count). The summed E-state index contributed by atoms with van der Waals surface area (Å²) >= 11 is 0. The van der Waals surface area contributed by atoms with Gasteiger partial charge in [-0.1, -0.05) is 43.4 Å². The van der Waals surface area contributed by atoms with E-state index in [0.717, 1.165) is 12.0 Å². The van der Waals surface area contributed by atoms with E-state index in [1.54, 1.807) is 6.92 Å². The van der Waals surface area contributed by atoms with E-state index in [4.69, 9.17) is 9.84 Å². The molecule has 0 aromatic heterocycles. The molecule has 0 aliphatic carbocycles. The third-order valence-electron chi connectivity index (χ3n) is 2.28. The Labute approximate surface area is 101 Å². The number of carboxylic acid groups (broad SMARTS) is 1. The van der Waals surface area contributed by atoms with Crippen molar-refractivity contribution in [3.05, 3.63) is 35.9 Å². The predicted molar refractivity (Wildman–Crippen MR) is 65.7 cm³/mol. The second-order valence-electron chi connectivity index (χ2n) is 3.96. The molecular formula is C14H16O3. The van der Waals surface area contributed by atoms with E-state index in [2.05, 4.69) is 11.8 Å². The van der Waals surface area contributed by atoms with Crippen LogP contribution < -0.4 is 0 Å². The highest BCUT2D eigenvalue weighted by Crippen LogP contribution is 2.17. The first-order valence-electron chi connectivity index (χ1n) is 5.56. The summed E-state index contributed by atoms with van der Waals surface area (Å²) in [4.78, 5) is 10.6. The van der Waals surface area contributed by atoms with Crippen molar-refractivity contribution in [2.75, 3.05) is 0 Å². The smallest absolute Gasteiger partial charge is 0.450 e. The van der Waals surface area contributed by atoms with Crippen LogP contribution >= 0.6 is 0 Å². The molecule has 0 bridgehead atoms. The van der Waals surface area contributed by atoms with Gasteiger partial charge in [0.15, 0.2) is 5.60 Å². The fraction of sp³-hybridized carbons (Fsp3) is 0.357. The van der Waals surface area contributed by atoms with E-state index in [-0.39, 0.29) is 0 Å². The van der Waals surface area contributed by atoms with E-state index in [1.807, 2.05) is 37.3 Å². The lowest BCUT2D eigenvalue weighted by molar-refractivity contribution is 0.0213. The van der Waals surface area contributed by atoms with Crippen molar-refractivity contribution in [3.63, 3.8) is 0 Å². The predicted octanol–water partition coefficient (Wildman–Crippen LogP) is 3.29. The van der Waals surface area contributed by atoms with Gasteiger partial charge < -0.3 is 9.84 Å². The summed E-state index contributed by atoms with van der Waals surface area (Å²) in [5.41, 5.74) is -0.0833. The number of hydrogen-bond acceptors (Lipinski definition) is 2. The molecule has 90 valence electrons. The Morgan fingerprint density at radius 1 is 1.41 bits per heavy atom. The standard InChI is InChI=1S/C14H16O3/c1-3-10-14(2,17-13(15)16)11-9-12-7-5-4-6-8-12/h4-8H,3,10H2,1-2H3,(H,15,16). The molecule has 0 spiro atoms. The first-order chi connectivity index (χ1) is 8.06. The van der Waals surface area contributed by atoms with Crippen molar-refractivity contribution in [1.82, 2.24) is 0 Å². The van der Waals surface area contributed by atoms with Gasteiger partial charge in [-0.15, -0.1) is 0 Å². The van der Waals surface area contributed by atoms with Gasteiger partial charge in [-0.05, 0) is 25.5 Å². The molecule has 3 heteroatoms. The largest absolute Gasteiger partial charge is 0.507 e. The van der Waals surface area contributed by atoms with Crippen molar-refractivity contribution in [1.29, 1.82) is 0 Å². The van der Waals surface area contributed by atoms with Gasteiger partial charge in [-0.25, -0.2) is 4.79 Å². The molecule has 1 unspecified atom stereocenters. The van der Waals surface area contributed by atoms with Gasteiger partial charge in [-0.3, -0.25) is 0 Å². The van der Waals surface area contributed by atoms with Crippen LogP contribution in [-0.4, -0.2) is 16.9 Å². The van der Waals surface area contributed by atoms with Gasteiger partial charge in [0.05, 0.1) is 0 Å². The quantitative estimate of drug-likeness (QED) is 0.642. The van der Waals surface area contributed by atoms with Gasteiger partial charge in [0.2, 0.25) is 0 Å². The normalized spacial score (nSPS) is 13.1. The molecule has 1 atom stereocenters. The SMILES string of the molecule is CCCC(C)(C#Cc1ccccc1)OC(=O)O. The van der Waals surface area contributed by atoms with Crippen LogP contribution in [0.25, 0.3) is 0 Å². The summed E-state index contributed by atoms with van der Waals surface area (Å²) < 4.78 is 4.84. The average Bonchev–Trinajstić information content (AvgIpc) is 2.27. The van der Waals surface area contributed by atoms with Crippen molar-refractivity contribution < 1.29 is 14.6 Å². The van der Waals surface area contributed by atoms with Crippen molar-refractivity contribution in [3.8, 4) is 11.8 Å². The monoisotopic (exact) mass is 232 g/mol. The van der Waals surface area contributed by atoms with Gasteiger partial charge >= 0.3 is 6.16 Å². The van der Waals surface area contributed by atoms with E-state index >= 15 is 0 Å². The molecule has 1 aromatic rings. The van der Waals surface area contributed by atoms with Gasteiger partial charge in [0.25, 0.3) is 0 Å². The molecule has 0 fully saturated rings. The number of rotatable bonds is 3. The Bertz CT molecular complexity index is 428. The Balaban J connectivity index is 2.87. The summed E-state index contributed by atoms with van der Waals surface area (Å²) in [6, 6.07) is 9.43. The summed E-state index contributed by atoms with van der Waals surface area (Å²) in [6.07, 6.45) is 0.107. The number of benzene rings is 1. The molecule has 3 nitrogen and oxygen atoms in total. The molecule has 0 saturated carbocycles. The molecule has 0 aliphatic rings. The third kappa shape index (κ3) is 4.60. The zero-order chi connectivity index (χ0) is 12.7. The molecule has 1 N–H and O–H groups in total. The minimum absolute atomic E-state index is 0.582. The highest BCUT2D eigenvalue weighted by Gasteiger charge is 2.25. The van der Waals surface area contributed by atoms with Crippen molar-refractivity contribution in [2.24, 2.45) is 0 Å². The summed E-state index contributed by atoms with van der Waals surface area (Å²) in [6.45, 7) is 3.66. The maximum Gasteiger partial charge on any atom is 0.507 e. The van der Waals surface area contributed by atoms with Crippen LogP contribution in [0.3, 0.4) is 0 Å². The summed E-state index contributed by atoms with van der Waals surface area (Å²) in [5.74, 6) is 5.83. The Morgan fingerprint density at radius 2 is 2.06 bits per heavy atom. The highest BCUT2D eigenvalue weighted by molar-refractivity contribution is 5.58. The minimum atomic E-state index is -1.29. The fourth-order valence-electron chi connectivity index (χ4n) is 1.53. The molecule has 0 aliphatic heterocycles. The van der Waals surface area contributed by atoms with Crippen LogP contribution in [0.4, 0.5) is 4.79 Å². The molecular weight excluding hydrogens is 216 g/mol. The number of carbonyl (C=O) groups is 1. The molecule has 0 radical (unpaired) electrons. The summed E-state index contributed by atoms with van der Waals surface area (Å²) in [5, 5.41) is 8.68. The number of ether oxygens (including phenoxy) is 1. The van der Waals surface area contributed by atoms with Crippen LogP contribution in [0.1, 0.15) is 32.3 Å². The Hall–Kier alpha value is -1.95.